The molecule has 0 spiro atoms. The number of carbonyl (C=O) groups is 1. The highest BCUT2D eigenvalue weighted by molar-refractivity contribution is 7.71. The number of nitrogens with one attached hydrogen (secondary N) is 1. The van der Waals surface area contributed by atoms with Crippen molar-refractivity contribution < 1.29 is 23.7 Å². The van der Waals surface area contributed by atoms with E-state index in [0.717, 1.165) is 58.5 Å². The molecule has 0 saturated carbocycles. The Balaban J connectivity index is 1.35. The predicted molar refractivity (Wildman–Crippen MR) is 168 cm³/mol. The summed E-state index contributed by atoms with van der Waals surface area (Å²) < 4.78 is 25.5. The fourth-order valence-corrected chi connectivity index (χ4v) is 6.04. The summed E-state index contributed by atoms with van der Waals surface area (Å²) >= 11 is 12.0. The van der Waals surface area contributed by atoms with Crippen molar-refractivity contribution in [3.8, 4) is 5.75 Å². The van der Waals surface area contributed by atoms with E-state index in [2.05, 4.69) is 39.0 Å². The Morgan fingerprint density at radius 2 is 1.88 bits per heavy atom. The summed E-state index contributed by atoms with van der Waals surface area (Å²) in [5.74, 6) is 0.545. The van der Waals surface area contributed by atoms with Crippen molar-refractivity contribution in [1.82, 2.24) is 14.8 Å². The van der Waals surface area contributed by atoms with Crippen molar-refractivity contribution in [3.05, 3.63) is 104 Å². The molecule has 8 nitrogen and oxygen atoms in total. The van der Waals surface area contributed by atoms with Crippen LogP contribution >= 0.6 is 23.8 Å². The van der Waals surface area contributed by atoms with Crippen LogP contribution in [0.5, 0.6) is 5.75 Å². The van der Waals surface area contributed by atoms with E-state index in [1.807, 2.05) is 42.6 Å². The molecular weight excluding hydrogens is 586 g/mol. The Hall–Kier alpha value is -3.31. The minimum Gasteiger partial charge on any atom is -0.482 e. The number of ether oxygens (including phenoxy) is 4. The minimum atomic E-state index is -0.261. The maximum absolute atomic E-state index is 13.5. The first-order chi connectivity index (χ1) is 21.0. The van der Waals surface area contributed by atoms with Crippen molar-refractivity contribution in [2.75, 3.05) is 40.2 Å². The number of carbonyl (C=O) groups excluding carboxylic acids is 1. The molecule has 1 saturated heterocycles. The molecule has 1 aromatic heterocycles. The van der Waals surface area contributed by atoms with Crippen molar-refractivity contribution in [1.29, 1.82) is 0 Å². The SMILES string of the molecule is COCOCc1cccc(C2Cn3cc(C(=O)NCc4ccc(Cl)cc4)c(=S)c4cc(CN5CCOCC5)cc(c43)O2)c1. The zero-order valence-corrected chi connectivity index (χ0v) is 25.6. The predicted octanol–water partition coefficient (Wildman–Crippen LogP) is 6.04. The van der Waals surface area contributed by atoms with Crippen LogP contribution < -0.4 is 10.1 Å². The standard InChI is InChI=1S/C33H34ClN3O5S/c1-39-21-41-20-23-3-2-4-25(13-23)30-19-37-18-28(33(38)35-16-22-5-7-26(34)8-6-22)32(43)27-14-24(15-29(42-30)31(27)37)17-36-9-11-40-12-10-36/h2-8,13-15,18,30H,9-12,16-17,19-21H2,1H3,(H,35,38). The van der Waals surface area contributed by atoms with Crippen LogP contribution in [0.2, 0.25) is 5.02 Å². The first kappa shape index (κ1) is 29.7. The third kappa shape index (κ3) is 6.93. The van der Waals surface area contributed by atoms with Crippen LogP contribution in [0.1, 0.15) is 38.7 Å². The summed E-state index contributed by atoms with van der Waals surface area (Å²) in [6.45, 7) is 5.47. The second kappa shape index (κ2) is 13.5. The van der Waals surface area contributed by atoms with Crippen molar-refractivity contribution in [2.45, 2.75) is 32.3 Å². The Morgan fingerprint density at radius 1 is 1.07 bits per heavy atom. The van der Waals surface area contributed by atoms with Crippen molar-refractivity contribution in [3.63, 3.8) is 0 Å². The summed E-state index contributed by atoms with van der Waals surface area (Å²) in [6, 6.07) is 19.8. The Labute approximate surface area is 261 Å². The molecule has 0 radical (unpaired) electrons. The first-order valence-electron chi connectivity index (χ1n) is 14.3. The minimum absolute atomic E-state index is 0.217. The molecule has 6 rings (SSSR count). The highest BCUT2D eigenvalue weighted by atomic mass is 35.5. The molecule has 3 aromatic carbocycles. The van der Waals surface area contributed by atoms with E-state index in [0.29, 0.717) is 48.0 Å². The summed E-state index contributed by atoms with van der Waals surface area (Å²) in [7, 11) is 1.61. The number of hydrogen-bond acceptors (Lipinski definition) is 7. The molecule has 10 heteroatoms. The van der Waals surface area contributed by atoms with Gasteiger partial charge in [-0.15, -0.1) is 0 Å². The van der Waals surface area contributed by atoms with Gasteiger partial charge in [-0.1, -0.05) is 54.2 Å². The van der Waals surface area contributed by atoms with E-state index in [1.54, 1.807) is 7.11 Å². The molecule has 1 unspecified atom stereocenters. The summed E-state index contributed by atoms with van der Waals surface area (Å²) in [5.41, 5.74) is 5.47. The molecule has 43 heavy (non-hydrogen) atoms. The second-order valence-electron chi connectivity index (χ2n) is 10.8. The molecule has 224 valence electrons. The number of rotatable bonds is 10. The van der Waals surface area contributed by atoms with Gasteiger partial charge in [-0.2, -0.15) is 0 Å². The van der Waals surface area contributed by atoms with Crippen LogP contribution in [-0.4, -0.2) is 55.6 Å². The van der Waals surface area contributed by atoms with E-state index in [9.17, 15) is 4.79 Å². The van der Waals surface area contributed by atoms with Gasteiger partial charge >= 0.3 is 0 Å². The average molecular weight is 620 g/mol. The van der Waals surface area contributed by atoms with Crippen LogP contribution in [-0.2, 0) is 40.5 Å². The number of hydrogen-bond donors (Lipinski definition) is 1. The first-order valence-corrected chi connectivity index (χ1v) is 15.1. The molecule has 4 aromatic rings. The number of morpholine rings is 1. The molecule has 2 aliphatic rings. The molecule has 1 atom stereocenters. The van der Waals surface area contributed by atoms with Crippen LogP contribution in [0.25, 0.3) is 10.9 Å². The maximum Gasteiger partial charge on any atom is 0.254 e. The third-order valence-electron chi connectivity index (χ3n) is 7.74. The lowest BCUT2D eigenvalue weighted by Gasteiger charge is -2.31. The molecule has 1 N–H and O–H groups in total. The number of methoxy groups -OCH3 is 1. The van der Waals surface area contributed by atoms with Gasteiger partial charge in [0.25, 0.3) is 5.91 Å². The fraction of sp³-hybridized carbons (Fsp3) is 0.333. The van der Waals surface area contributed by atoms with Gasteiger partial charge in [0.05, 0.1) is 42.0 Å². The van der Waals surface area contributed by atoms with Crippen molar-refractivity contribution >= 4 is 40.6 Å². The molecule has 3 heterocycles. The van der Waals surface area contributed by atoms with Gasteiger partial charge in [0, 0.05) is 49.9 Å². The topological polar surface area (TPSA) is 74.2 Å². The largest absolute Gasteiger partial charge is 0.482 e. The summed E-state index contributed by atoms with van der Waals surface area (Å²) in [5, 5.41) is 4.54. The molecule has 1 amide bonds. The monoisotopic (exact) mass is 619 g/mol. The van der Waals surface area contributed by atoms with Gasteiger partial charge in [0.15, 0.2) is 0 Å². The van der Waals surface area contributed by atoms with Gasteiger partial charge in [-0.05, 0) is 52.6 Å². The summed E-state index contributed by atoms with van der Waals surface area (Å²) in [6.07, 6.45) is 1.61. The Bertz CT molecular complexity index is 1670. The normalized spacial score (nSPS) is 16.7. The van der Waals surface area contributed by atoms with Crippen molar-refractivity contribution in [2.24, 2.45) is 0 Å². The van der Waals surface area contributed by atoms with Gasteiger partial charge in [-0.3, -0.25) is 9.69 Å². The zero-order chi connectivity index (χ0) is 29.8. The number of pyridine rings is 1. The number of benzene rings is 3. The lowest BCUT2D eigenvalue weighted by Crippen LogP contribution is -2.35. The van der Waals surface area contributed by atoms with Crippen LogP contribution in [0.15, 0.2) is 66.9 Å². The highest BCUT2D eigenvalue weighted by Crippen LogP contribution is 2.38. The zero-order valence-electron chi connectivity index (χ0n) is 24.0. The maximum atomic E-state index is 13.5. The van der Waals surface area contributed by atoms with Crippen LogP contribution in [0, 0.1) is 4.51 Å². The number of halogens is 1. The quantitative estimate of drug-likeness (QED) is 0.132. The number of aromatic nitrogens is 1. The van der Waals surface area contributed by atoms with Crippen LogP contribution in [0.4, 0.5) is 0 Å². The van der Waals surface area contributed by atoms with Gasteiger partial charge in [-0.25, -0.2) is 0 Å². The van der Waals surface area contributed by atoms with E-state index in [-0.39, 0.29) is 18.8 Å². The van der Waals surface area contributed by atoms with Gasteiger partial charge in [0.1, 0.15) is 18.6 Å². The molecule has 0 aliphatic carbocycles. The van der Waals surface area contributed by atoms with E-state index < -0.39 is 0 Å². The fourth-order valence-electron chi connectivity index (χ4n) is 5.61. The molecule has 1 fully saturated rings. The van der Waals surface area contributed by atoms with Gasteiger partial charge < -0.3 is 28.8 Å². The number of nitrogens with zero attached hydrogens (tertiary/aromatic N) is 2. The van der Waals surface area contributed by atoms with Crippen LogP contribution in [0.3, 0.4) is 0 Å². The molecule has 2 aliphatic heterocycles. The Kier molecular flexibility index (Phi) is 9.37. The summed E-state index contributed by atoms with van der Waals surface area (Å²) in [4.78, 5) is 15.9. The Morgan fingerprint density at radius 3 is 2.67 bits per heavy atom. The molecule has 0 bridgehead atoms. The lowest BCUT2D eigenvalue weighted by atomic mass is 10.0. The second-order valence-corrected chi connectivity index (χ2v) is 11.7. The van der Waals surface area contributed by atoms with Gasteiger partial charge in [0.2, 0.25) is 0 Å². The third-order valence-corrected chi connectivity index (χ3v) is 8.43. The molecular formula is C33H34ClN3O5S. The average Bonchev–Trinajstić information content (AvgIpc) is 3.02. The van der Waals surface area contributed by atoms with E-state index in [1.165, 1.54) is 0 Å². The highest BCUT2D eigenvalue weighted by Gasteiger charge is 2.26. The van der Waals surface area contributed by atoms with E-state index >= 15 is 0 Å². The number of amides is 1. The smallest absolute Gasteiger partial charge is 0.254 e. The van der Waals surface area contributed by atoms with E-state index in [4.69, 9.17) is 42.8 Å². The lowest BCUT2D eigenvalue weighted by molar-refractivity contribution is -0.0391.